The summed E-state index contributed by atoms with van der Waals surface area (Å²) in [4.78, 5) is 38.5. The lowest BCUT2D eigenvalue weighted by atomic mass is 10.2. The summed E-state index contributed by atoms with van der Waals surface area (Å²) in [6, 6.07) is 5.39. The molecule has 2 aliphatic rings. The molecule has 25 heavy (non-hydrogen) atoms. The average Bonchev–Trinajstić information content (AvgIpc) is 3.01. The smallest absolute Gasteiger partial charge is 0.279 e. The molecule has 0 spiro atoms. The molecule has 8 heteroatoms. The Labute approximate surface area is 145 Å². The largest absolute Gasteiger partial charge is 0.344 e. The van der Waals surface area contributed by atoms with Gasteiger partial charge in [0.15, 0.2) is 6.54 Å². The lowest BCUT2D eigenvalue weighted by Crippen LogP contribution is -3.15. The molecular weight excluding hydrogens is 327 g/mol. The number of nitrogens with zero attached hydrogens (tertiary/aromatic N) is 1. The number of hydrogen-bond acceptors (Lipinski definition) is 3. The van der Waals surface area contributed by atoms with E-state index in [1.54, 1.807) is 17.0 Å². The van der Waals surface area contributed by atoms with Crippen molar-refractivity contribution in [1.82, 2.24) is 10.2 Å². The molecule has 2 saturated heterocycles. The monoisotopic (exact) mass is 349 g/mol. The minimum atomic E-state index is -0.398. The van der Waals surface area contributed by atoms with Crippen LogP contribution in [0.2, 0.25) is 0 Å². The first-order valence-corrected chi connectivity index (χ1v) is 8.48. The number of halogens is 1. The highest BCUT2D eigenvalue weighted by molar-refractivity contribution is 5.91. The van der Waals surface area contributed by atoms with Gasteiger partial charge < -0.3 is 20.4 Å². The van der Waals surface area contributed by atoms with Crippen LogP contribution in [0, 0.1) is 5.82 Å². The number of anilines is 1. The van der Waals surface area contributed by atoms with Crippen LogP contribution in [0.4, 0.5) is 10.1 Å². The van der Waals surface area contributed by atoms with E-state index < -0.39 is 11.9 Å². The van der Waals surface area contributed by atoms with Crippen LogP contribution in [0.1, 0.15) is 12.8 Å². The standard InChI is InChI=1S/C17H21FN4O3/c18-12-2-1-3-13(10-12)19-16(24)11-21-6-8-22(9-7-21)17(25)14-4-5-15(23)20-14/h1-3,10,14H,4-9,11H2,(H,19,24)(H,20,23)/p+1/t14-/m1/s1. The summed E-state index contributed by atoms with van der Waals surface area (Å²) >= 11 is 0. The van der Waals surface area contributed by atoms with E-state index in [0.717, 1.165) is 4.90 Å². The van der Waals surface area contributed by atoms with E-state index in [9.17, 15) is 18.8 Å². The minimum Gasteiger partial charge on any atom is -0.344 e. The van der Waals surface area contributed by atoms with Gasteiger partial charge in [-0.15, -0.1) is 0 Å². The molecule has 0 radical (unpaired) electrons. The van der Waals surface area contributed by atoms with Crippen LogP contribution in [-0.2, 0) is 14.4 Å². The number of nitrogens with one attached hydrogen (secondary N) is 3. The highest BCUT2D eigenvalue weighted by Gasteiger charge is 2.33. The molecule has 134 valence electrons. The van der Waals surface area contributed by atoms with Crippen LogP contribution >= 0.6 is 0 Å². The molecule has 0 saturated carbocycles. The van der Waals surface area contributed by atoms with Gasteiger partial charge in [0.05, 0.1) is 26.2 Å². The fourth-order valence-corrected chi connectivity index (χ4v) is 3.24. The number of amides is 3. The fourth-order valence-electron chi connectivity index (χ4n) is 3.24. The molecular formula is C17H22FN4O3+. The minimum absolute atomic E-state index is 0.0332. The van der Waals surface area contributed by atoms with Gasteiger partial charge in [-0.05, 0) is 24.6 Å². The maximum Gasteiger partial charge on any atom is 0.279 e. The van der Waals surface area contributed by atoms with Crippen LogP contribution in [0.3, 0.4) is 0 Å². The van der Waals surface area contributed by atoms with E-state index in [1.165, 1.54) is 12.1 Å². The first kappa shape index (κ1) is 17.3. The molecule has 0 aliphatic carbocycles. The second-order valence-electron chi connectivity index (χ2n) is 6.47. The molecule has 0 unspecified atom stereocenters. The summed E-state index contributed by atoms with van der Waals surface area (Å²) in [6.07, 6.45) is 0.961. The van der Waals surface area contributed by atoms with E-state index >= 15 is 0 Å². The maximum atomic E-state index is 13.1. The molecule has 2 heterocycles. The van der Waals surface area contributed by atoms with Gasteiger partial charge in [-0.2, -0.15) is 0 Å². The molecule has 3 amide bonds. The van der Waals surface area contributed by atoms with Gasteiger partial charge in [-0.1, -0.05) is 6.07 Å². The Morgan fingerprint density at radius 2 is 2.08 bits per heavy atom. The average molecular weight is 349 g/mol. The molecule has 7 nitrogen and oxygen atoms in total. The summed E-state index contributed by atoms with van der Waals surface area (Å²) in [7, 11) is 0. The fraction of sp³-hybridized carbons (Fsp3) is 0.471. The Hall–Kier alpha value is -2.48. The van der Waals surface area contributed by atoms with Crippen LogP contribution in [0.15, 0.2) is 24.3 Å². The van der Waals surface area contributed by atoms with Crippen molar-refractivity contribution in [1.29, 1.82) is 0 Å². The first-order chi connectivity index (χ1) is 12.0. The number of hydrogen-bond donors (Lipinski definition) is 3. The van der Waals surface area contributed by atoms with Crippen molar-refractivity contribution in [3.05, 3.63) is 30.1 Å². The Bertz CT molecular complexity index is 674. The van der Waals surface area contributed by atoms with E-state index in [1.807, 2.05) is 0 Å². The van der Waals surface area contributed by atoms with Crippen LogP contribution in [0.5, 0.6) is 0 Å². The summed E-state index contributed by atoms with van der Waals surface area (Å²) < 4.78 is 13.1. The van der Waals surface area contributed by atoms with E-state index in [2.05, 4.69) is 10.6 Å². The van der Waals surface area contributed by atoms with Gasteiger partial charge in [0.1, 0.15) is 11.9 Å². The van der Waals surface area contributed by atoms with Crippen molar-refractivity contribution in [2.75, 3.05) is 38.0 Å². The third kappa shape index (κ3) is 4.54. The Balaban J connectivity index is 1.43. The predicted molar refractivity (Wildman–Crippen MR) is 88.3 cm³/mol. The number of benzene rings is 1. The quantitative estimate of drug-likeness (QED) is 0.637. The predicted octanol–water partition coefficient (Wildman–Crippen LogP) is -1.23. The summed E-state index contributed by atoms with van der Waals surface area (Å²) in [5.41, 5.74) is 0.440. The first-order valence-electron chi connectivity index (χ1n) is 8.48. The molecule has 0 aromatic heterocycles. The van der Waals surface area contributed by atoms with Crippen molar-refractivity contribution < 1.29 is 23.7 Å². The Morgan fingerprint density at radius 3 is 2.72 bits per heavy atom. The van der Waals surface area contributed by atoms with E-state index in [4.69, 9.17) is 0 Å². The molecule has 3 N–H and O–H groups in total. The lowest BCUT2D eigenvalue weighted by molar-refractivity contribution is -0.895. The van der Waals surface area contributed by atoms with Gasteiger partial charge in [0.25, 0.3) is 5.91 Å². The molecule has 1 aromatic rings. The van der Waals surface area contributed by atoms with Crippen LogP contribution in [-0.4, -0.2) is 61.4 Å². The molecule has 1 aromatic carbocycles. The maximum absolute atomic E-state index is 13.1. The Morgan fingerprint density at radius 1 is 1.32 bits per heavy atom. The van der Waals surface area contributed by atoms with Gasteiger partial charge in [-0.3, -0.25) is 14.4 Å². The van der Waals surface area contributed by atoms with Crippen molar-refractivity contribution in [3.8, 4) is 0 Å². The number of quaternary nitrogens is 1. The number of carbonyl (C=O) groups excluding carboxylic acids is 3. The van der Waals surface area contributed by atoms with Crippen LogP contribution < -0.4 is 15.5 Å². The SMILES string of the molecule is O=C(C[NH+]1CCN(C(=O)[C@H]2CCC(=O)N2)CC1)Nc1cccc(F)c1. The molecule has 2 fully saturated rings. The molecule has 3 rings (SSSR count). The third-order valence-electron chi connectivity index (χ3n) is 4.59. The lowest BCUT2D eigenvalue weighted by Gasteiger charge is -2.33. The van der Waals surface area contributed by atoms with Crippen LogP contribution in [0.25, 0.3) is 0 Å². The number of rotatable bonds is 4. The van der Waals surface area contributed by atoms with E-state index in [0.29, 0.717) is 44.7 Å². The highest BCUT2D eigenvalue weighted by atomic mass is 19.1. The van der Waals surface area contributed by atoms with Gasteiger partial charge >= 0.3 is 0 Å². The number of carbonyl (C=O) groups is 3. The second-order valence-corrected chi connectivity index (χ2v) is 6.47. The zero-order chi connectivity index (χ0) is 17.8. The van der Waals surface area contributed by atoms with E-state index in [-0.39, 0.29) is 24.3 Å². The summed E-state index contributed by atoms with van der Waals surface area (Å²) in [6.45, 7) is 2.74. The number of piperazine rings is 1. The van der Waals surface area contributed by atoms with Crippen molar-refractivity contribution in [2.24, 2.45) is 0 Å². The van der Waals surface area contributed by atoms with Gasteiger partial charge in [-0.25, -0.2) is 4.39 Å². The third-order valence-corrected chi connectivity index (χ3v) is 4.59. The topological polar surface area (TPSA) is 83.0 Å². The summed E-state index contributed by atoms with van der Waals surface area (Å²) in [5.74, 6) is -0.676. The normalized spacial score (nSPS) is 21.1. The second kappa shape index (κ2) is 7.60. The molecule has 2 aliphatic heterocycles. The van der Waals surface area contributed by atoms with Gasteiger partial charge in [0, 0.05) is 12.1 Å². The van der Waals surface area contributed by atoms with Crippen molar-refractivity contribution >= 4 is 23.4 Å². The zero-order valence-corrected chi connectivity index (χ0v) is 13.9. The molecule has 0 bridgehead atoms. The molecule has 1 atom stereocenters. The van der Waals surface area contributed by atoms with Gasteiger partial charge in [0.2, 0.25) is 11.8 Å². The van der Waals surface area contributed by atoms with Crippen molar-refractivity contribution in [2.45, 2.75) is 18.9 Å². The zero-order valence-electron chi connectivity index (χ0n) is 13.9. The Kier molecular flexibility index (Phi) is 5.28. The summed E-state index contributed by atoms with van der Waals surface area (Å²) in [5, 5.41) is 5.38. The highest BCUT2D eigenvalue weighted by Crippen LogP contribution is 2.10. The van der Waals surface area contributed by atoms with Crippen molar-refractivity contribution in [3.63, 3.8) is 0 Å².